The van der Waals surface area contributed by atoms with E-state index in [1.54, 1.807) is 0 Å². The number of rotatable bonds is 25. The Hall–Kier alpha value is -3.15. The van der Waals surface area contributed by atoms with Crippen molar-refractivity contribution in [2.75, 3.05) is 0 Å². The van der Waals surface area contributed by atoms with E-state index in [1.165, 1.54) is 381 Å². The molecule has 0 N–H and O–H groups in total. The normalized spacial score (nSPS) is 30.5. The van der Waals surface area contributed by atoms with E-state index in [9.17, 15) is 0 Å². The molecule has 5 aromatic carbocycles. The van der Waals surface area contributed by atoms with Gasteiger partial charge in [0.05, 0.1) is 0 Å². The highest BCUT2D eigenvalue weighted by atomic mass is 32.1. The van der Waals surface area contributed by atoms with Crippen molar-refractivity contribution in [2.45, 2.75) is 442 Å². The fourth-order valence-corrected chi connectivity index (χ4v) is 26.2. The third-order valence-corrected chi connectivity index (χ3v) is 34.6. The number of hydrogen-bond donors (Lipinski definition) is 0. The molecule has 5 radical (unpaired) electrons. The maximum absolute atomic E-state index is 5.21. The molecule has 0 unspecified atom stereocenters. The number of halogens is 5. The molecule has 0 heterocycles. The van der Waals surface area contributed by atoms with E-state index in [1.807, 2.05) is 0 Å². The van der Waals surface area contributed by atoms with Crippen molar-refractivity contribution < 1.29 is 23.5 Å². The van der Waals surface area contributed by atoms with E-state index in [4.69, 9.17) is 63.1 Å². The topological polar surface area (TPSA) is 0 Å². The van der Waals surface area contributed by atoms with Crippen molar-refractivity contribution in [1.82, 2.24) is 0 Å². The lowest BCUT2D eigenvalue weighted by molar-refractivity contribution is 0.156. The van der Waals surface area contributed by atoms with Crippen LogP contribution in [0.4, 0.5) is 23.5 Å². The standard InChI is InChI=1S/5C22H33S.5FH/c5*1-2-3-4-17-5-7-18(8-6-17)19-9-11-20(12-10-19)21-13-15-22(23)16-14-21;;;;;/h5*13-20H,2-12H2,1H3;5*1H/t5*17-,18-,19?,20?;;;;;. The quantitative estimate of drug-likeness (QED) is 0.0511. The van der Waals surface area contributed by atoms with Crippen molar-refractivity contribution in [2.24, 2.45) is 88.8 Å². The highest BCUT2D eigenvalue weighted by molar-refractivity contribution is 7.81. The maximum Gasteiger partial charge on any atom is 0.0377 e. The summed E-state index contributed by atoms with van der Waals surface area (Å²) in [5.41, 5.74) is 7.64. The molecule has 0 saturated heterocycles. The van der Waals surface area contributed by atoms with E-state index in [0.717, 1.165) is 143 Å². The minimum Gasteiger partial charge on any atom is -0.269 e. The van der Waals surface area contributed by atoms with Crippen LogP contribution >= 0.6 is 63.1 Å². The monoisotopic (exact) mass is 1750 g/mol. The lowest BCUT2D eigenvalue weighted by Gasteiger charge is -2.38. The van der Waals surface area contributed by atoms with Gasteiger partial charge in [-0.3, -0.25) is 23.5 Å². The first-order valence-electron chi connectivity index (χ1n) is 50.1. The van der Waals surface area contributed by atoms with Gasteiger partial charge in [0, 0.05) is 24.5 Å². The van der Waals surface area contributed by atoms with Gasteiger partial charge in [0.2, 0.25) is 0 Å². The van der Waals surface area contributed by atoms with Crippen LogP contribution < -0.4 is 0 Å². The SMILES string of the molecule is CCCC[C@H]1CC[C@H](C2CCC(c3ccc([S])cc3)CC2)CC1.CCCC[C@H]1CC[C@H](C2CCC(c3ccc([S])cc3)CC2)CC1.CCCC[C@H]1CC[C@H](C2CCC(c3ccc([S])cc3)CC2)CC1.CCCC[C@H]1CC[C@H](C2CCC(c3ccc([S])cc3)CC2)CC1.CCCC[C@H]1CC[C@H](C2CCC(c3ccc([S])cc3)CC2)CC1.F.F.F.F.F. The van der Waals surface area contributed by atoms with Crippen LogP contribution in [0.25, 0.3) is 0 Å². The number of benzene rings is 5. The maximum atomic E-state index is 5.21. The summed E-state index contributed by atoms with van der Waals surface area (Å²) in [5.74, 6) is 19.6. The van der Waals surface area contributed by atoms with Gasteiger partial charge in [-0.05, 0) is 399 Å². The number of hydrogen-bond acceptors (Lipinski definition) is 0. The van der Waals surface area contributed by atoms with Crippen LogP contribution in [-0.4, -0.2) is 0 Å². The molecule has 0 amide bonds. The molecular weight excluding hydrogens is 1580 g/mol. The molecular formula is C110H170F5S5. The highest BCUT2D eigenvalue weighted by Crippen LogP contribution is 2.51. The summed E-state index contributed by atoms with van der Waals surface area (Å²) >= 11 is 26.1. The molecule has 0 aromatic heterocycles. The minimum absolute atomic E-state index is 0. The predicted octanol–water partition coefficient (Wildman–Crippen LogP) is 38.3. The summed E-state index contributed by atoms with van der Waals surface area (Å²) in [6.07, 6.45) is 80.6. The Morgan fingerprint density at radius 1 is 0.167 bits per heavy atom. The summed E-state index contributed by atoms with van der Waals surface area (Å²) in [5, 5.41) is 0. The second-order valence-corrected chi connectivity index (χ2v) is 42.9. The molecule has 675 valence electrons. The van der Waals surface area contributed by atoms with E-state index >= 15 is 0 Å². The largest absolute Gasteiger partial charge is 0.269 e. The fraction of sp³-hybridized carbons (Fsp3) is 0.727. The van der Waals surface area contributed by atoms with Gasteiger partial charge in [0.15, 0.2) is 0 Å². The molecule has 10 heteroatoms. The third kappa shape index (κ3) is 34.8. The zero-order valence-electron chi connectivity index (χ0n) is 76.1. The van der Waals surface area contributed by atoms with Gasteiger partial charge >= 0.3 is 0 Å². The van der Waals surface area contributed by atoms with Gasteiger partial charge in [-0.1, -0.05) is 319 Å². The smallest absolute Gasteiger partial charge is 0.0377 e. The Kier molecular flexibility index (Phi) is 51.3. The molecule has 0 atom stereocenters. The molecule has 0 spiro atoms. The predicted molar refractivity (Wildman–Crippen MR) is 522 cm³/mol. The summed E-state index contributed by atoms with van der Waals surface area (Å²) in [4.78, 5) is 4.87. The lowest BCUT2D eigenvalue weighted by atomic mass is 9.68. The summed E-state index contributed by atoms with van der Waals surface area (Å²) in [6.45, 7) is 11.6. The Morgan fingerprint density at radius 3 is 0.383 bits per heavy atom. The molecule has 10 aliphatic rings. The van der Waals surface area contributed by atoms with E-state index < -0.39 is 0 Å². The molecule has 0 bridgehead atoms. The molecule has 15 rings (SSSR count). The van der Waals surface area contributed by atoms with Crippen LogP contribution in [-0.2, 0) is 0 Å². The van der Waals surface area contributed by atoms with Crippen LogP contribution in [0.2, 0.25) is 0 Å². The molecule has 5 aromatic rings. The zero-order chi connectivity index (χ0) is 80.4. The molecule has 120 heavy (non-hydrogen) atoms. The molecule has 0 aliphatic heterocycles. The van der Waals surface area contributed by atoms with Gasteiger partial charge in [0.25, 0.3) is 0 Å². The van der Waals surface area contributed by atoms with Crippen molar-refractivity contribution in [3.8, 4) is 0 Å². The highest BCUT2D eigenvalue weighted by Gasteiger charge is 2.37. The summed E-state index contributed by atoms with van der Waals surface area (Å²) < 4.78 is 0. The average Bonchev–Trinajstić information content (AvgIpc) is 0.852. The zero-order valence-corrected chi connectivity index (χ0v) is 80.1. The van der Waals surface area contributed by atoms with E-state index in [2.05, 4.69) is 156 Å². The fourth-order valence-electron chi connectivity index (χ4n) is 25.5. The van der Waals surface area contributed by atoms with Gasteiger partial charge in [-0.25, -0.2) is 0 Å². The van der Waals surface area contributed by atoms with Gasteiger partial charge in [0.1, 0.15) is 0 Å². The van der Waals surface area contributed by atoms with E-state index in [-0.39, 0.29) is 23.5 Å². The second-order valence-electron chi connectivity index (χ2n) is 40.5. The minimum atomic E-state index is 0. The van der Waals surface area contributed by atoms with Gasteiger partial charge < -0.3 is 0 Å². The van der Waals surface area contributed by atoms with Crippen molar-refractivity contribution >= 4 is 63.1 Å². The van der Waals surface area contributed by atoms with Crippen molar-refractivity contribution in [3.63, 3.8) is 0 Å². The van der Waals surface area contributed by atoms with Crippen molar-refractivity contribution in [1.29, 1.82) is 0 Å². The Balaban J connectivity index is 0.000000230. The Morgan fingerprint density at radius 2 is 0.275 bits per heavy atom. The molecule has 10 aliphatic carbocycles. The van der Waals surface area contributed by atoms with E-state index in [0.29, 0.717) is 0 Å². The molecule has 10 fully saturated rings. The molecule has 0 nitrogen and oxygen atoms in total. The summed E-state index contributed by atoms with van der Waals surface area (Å²) in [6, 6.07) is 43.8. The first-order chi connectivity index (χ1) is 56.3. The average molecular weight is 1750 g/mol. The van der Waals surface area contributed by atoms with Crippen LogP contribution in [0.15, 0.2) is 146 Å². The van der Waals surface area contributed by atoms with Crippen LogP contribution in [0.3, 0.4) is 0 Å². The lowest BCUT2D eigenvalue weighted by Crippen LogP contribution is -2.25. The Labute approximate surface area is 760 Å². The molecule has 10 saturated carbocycles. The first kappa shape index (κ1) is 106. The van der Waals surface area contributed by atoms with Gasteiger partial charge in [-0.2, -0.15) is 0 Å². The second kappa shape index (κ2) is 58.3. The first-order valence-corrected chi connectivity index (χ1v) is 52.2. The van der Waals surface area contributed by atoms with Gasteiger partial charge in [-0.15, -0.1) is 0 Å². The Bertz CT molecular complexity index is 2790. The van der Waals surface area contributed by atoms with Crippen molar-refractivity contribution in [3.05, 3.63) is 149 Å². The third-order valence-electron chi connectivity index (χ3n) is 33.2. The van der Waals surface area contributed by atoms with Crippen LogP contribution in [0, 0.1) is 88.8 Å². The number of unbranched alkanes of at least 4 members (excludes halogenated alkanes) is 5. The van der Waals surface area contributed by atoms with Crippen LogP contribution in [0.1, 0.15) is 445 Å². The summed E-state index contributed by atoms with van der Waals surface area (Å²) in [7, 11) is 0. The van der Waals surface area contributed by atoms with Crippen LogP contribution in [0.5, 0.6) is 0 Å².